The molecule has 7 nitrogen and oxygen atoms in total. The van der Waals surface area contributed by atoms with Gasteiger partial charge in [-0.1, -0.05) is 6.07 Å². The molecule has 3 heterocycles. The SMILES string of the molecule is NNc1nc2ccccn2c1S(=O)(=O)Nc1ccsc1. The van der Waals surface area contributed by atoms with Crippen LogP contribution >= 0.6 is 11.3 Å². The van der Waals surface area contributed by atoms with E-state index in [0.29, 0.717) is 11.3 Å². The number of rotatable bonds is 4. The summed E-state index contributed by atoms with van der Waals surface area (Å²) < 4.78 is 28.9. The van der Waals surface area contributed by atoms with Gasteiger partial charge in [0.15, 0.2) is 5.82 Å². The van der Waals surface area contributed by atoms with Crippen LogP contribution in [0.1, 0.15) is 0 Å². The fourth-order valence-electron chi connectivity index (χ4n) is 1.85. The topological polar surface area (TPSA) is 102 Å². The maximum Gasteiger partial charge on any atom is 0.281 e. The number of pyridine rings is 1. The average molecular weight is 309 g/mol. The van der Waals surface area contributed by atoms with Gasteiger partial charge in [0.2, 0.25) is 5.03 Å². The van der Waals surface area contributed by atoms with Crippen LogP contribution in [-0.4, -0.2) is 17.8 Å². The van der Waals surface area contributed by atoms with Crippen LogP contribution in [0.3, 0.4) is 0 Å². The minimum atomic E-state index is -3.79. The van der Waals surface area contributed by atoms with E-state index >= 15 is 0 Å². The number of fused-ring (bicyclic) bond motifs is 1. The Morgan fingerprint density at radius 1 is 1.30 bits per heavy atom. The molecular formula is C11H11N5O2S2. The van der Waals surface area contributed by atoms with Gasteiger partial charge in [-0.2, -0.15) is 19.8 Å². The minimum absolute atomic E-state index is 0.0261. The summed E-state index contributed by atoms with van der Waals surface area (Å²) in [6, 6.07) is 6.87. The molecular weight excluding hydrogens is 298 g/mol. The molecule has 0 amide bonds. The Bertz CT molecular complexity index is 839. The Kier molecular flexibility index (Phi) is 3.08. The van der Waals surface area contributed by atoms with E-state index in [4.69, 9.17) is 5.84 Å². The third kappa shape index (κ3) is 2.11. The van der Waals surface area contributed by atoms with Crippen LogP contribution in [0.4, 0.5) is 11.5 Å². The van der Waals surface area contributed by atoms with Crippen LogP contribution in [0.2, 0.25) is 0 Å². The molecule has 0 aliphatic rings. The first-order chi connectivity index (χ1) is 9.62. The van der Waals surface area contributed by atoms with Gasteiger partial charge in [0.25, 0.3) is 10.0 Å². The zero-order chi connectivity index (χ0) is 14.2. The molecule has 0 spiro atoms. The summed E-state index contributed by atoms with van der Waals surface area (Å²) in [6.07, 6.45) is 1.62. The molecule has 3 aromatic rings. The first-order valence-corrected chi connectivity index (χ1v) is 8.03. The van der Waals surface area contributed by atoms with E-state index in [2.05, 4.69) is 15.1 Å². The predicted molar refractivity (Wildman–Crippen MR) is 78.1 cm³/mol. The second kappa shape index (κ2) is 4.78. The quantitative estimate of drug-likeness (QED) is 0.500. The van der Waals surface area contributed by atoms with Crippen LogP contribution in [0.5, 0.6) is 0 Å². The number of thiophene rings is 1. The summed E-state index contributed by atoms with van der Waals surface area (Å²) in [5.74, 6) is 5.46. The molecule has 4 N–H and O–H groups in total. The van der Waals surface area contributed by atoms with Crippen molar-refractivity contribution in [2.75, 3.05) is 10.1 Å². The lowest BCUT2D eigenvalue weighted by Crippen LogP contribution is -2.18. The fourth-order valence-corrected chi connectivity index (χ4v) is 3.82. The van der Waals surface area contributed by atoms with Crippen molar-refractivity contribution in [2.45, 2.75) is 5.03 Å². The van der Waals surface area contributed by atoms with E-state index in [0.717, 1.165) is 0 Å². The molecule has 3 aromatic heterocycles. The number of hydrogen-bond donors (Lipinski definition) is 3. The molecule has 0 aliphatic carbocycles. The van der Waals surface area contributed by atoms with Crippen molar-refractivity contribution in [3.63, 3.8) is 0 Å². The molecule has 20 heavy (non-hydrogen) atoms. The number of hydrogen-bond acceptors (Lipinski definition) is 6. The molecule has 9 heteroatoms. The van der Waals surface area contributed by atoms with Gasteiger partial charge in [-0.15, -0.1) is 0 Å². The number of hydrazine groups is 1. The van der Waals surface area contributed by atoms with Crippen LogP contribution in [0.15, 0.2) is 46.2 Å². The van der Waals surface area contributed by atoms with Crippen LogP contribution in [0, 0.1) is 0 Å². The number of sulfonamides is 1. The standard InChI is InChI=1S/C11H11N5O2S2/c12-14-10-11(16-5-2-1-3-9(16)13-10)20(17,18)15-8-4-6-19-7-8/h1-7,14-15H,12H2. The number of nitrogens with zero attached hydrogens (tertiary/aromatic N) is 2. The highest BCUT2D eigenvalue weighted by Gasteiger charge is 2.25. The molecule has 104 valence electrons. The molecule has 0 bridgehead atoms. The Morgan fingerprint density at radius 3 is 2.85 bits per heavy atom. The number of nitrogens with two attached hydrogens (primary N) is 1. The van der Waals surface area contributed by atoms with E-state index in [1.807, 2.05) is 0 Å². The molecule has 0 unspecified atom stereocenters. The molecule has 0 aromatic carbocycles. The maximum atomic E-state index is 12.5. The lowest BCUT2D eigenvalue weighted by molar-refractivity contribution is 0.597. The molecule has 0 fully saturated rings. The maximum absolute atomic E-state index is 12.5. The first-order valence-electron chi connectivity index (χ1n) is 5.60. The third-order valence-corrected chi connectivity index (χ3v) is 4.74. The zero-order valence-corrected chi connectivity index (χ0v) is 11.8. The summed E-state index contributed by atoms with van der Waals surface area (Å²) in [4.78, 5) is 4.14. The number of anilines is 2. The Morgan fingerprint density at radius 2 is 2.15 bits per heavy atom. The normalized spacial score (nSPS) is 11.7. The first kappa shape index (κ1) is 12.9. The van der Waals surface area contributed by atoms with Gasteiger partial charge < -0.3 is 5.43 Å². The van der Waals surface area contributed by atoms with Crippen molar-refractivity contribution in [3.8, 4) is 0 Å². The van der Waals surface area contributed by atoms with Crippen molar-refractivity contribution in [1.82, 2.24) is 9.38 Å². The van der Waals surface area contributed by atoms with E-state index in [-0.39, 0.29) is 10.8 Å². The van der Waals surface area contributed by atoms with E-state index in [1.54, 1.807) is 41.2 Å². The average Bonchev–Trinajstić information content (AvgIpc) is 3.04. The van der Waals surface area contributed by atoms with Crippen molar-refractivity contribution in [3.05, 3.63) is 41.2 Å². The zero-order valence-electron chi connectivity index (χ0n) is 10.1. The molecule has 0 radical (unpaired) electrons. The van der Waals surface area contributed by atoms with Gasteiger partial charge in [-0.3, -0.25) is 9.12 Å². The highest BCUT2D eigenvalue weighted by Crippen LogP contribution is 2.25. The monoisotopic (exact) mass is 309 g/mol. The molecule has 3 rings (SSSR count). The van der Waals surface area contributed by atoms with Crippen molar-refractivity contribution < 1.29 is 8.42 Å². The van der Waals surface area contributed by atoms with Crippen molar-refractivity contribution >= 4 is 38.5 Å². The van der Waals surface area contributed by atoms with Gasteiger partial charge in [-0.25, -0.2) is 10.8 Å². The third-order valence-electron chi connectivity index (χ3n) is 2.65. The van der Waals surface area contributed by atoms with Gasteiger partial charge in [0.05, 0.1) is 5.69 Å². The number of imidazole rings is 1. The summed E-state index contributed by atoms with van der Waals surface area (Å²) >= 11 is 1.40. The Hall–Kier alpha value is -2.10. The second-order valence-corrected chi connectivity index (χ2v) is 6.33. The Labute approximate surface area is 119 Å². The lowest BCUT2D eigenvalue weighted by Gasteiger charge is -2.07. The predicted octanol–water partition coefficient (Wildman–Crippen LogP) is 1.48. The van der Waals surface area contributed by atoms with E-state index < -0.39 is 10.0 Å². The summed E-state index contributed by atoms with van der Waals surface area (Å²) in [6.45, 7) is 0. The molecule has 0 saturated heterocycles. The molecule has 0 aliphatic heterocycles. The largest absolute Gasteiger partial charge is 0.306 e. The number of aromatic nitrogens is 2. The molecule has 0 atom stereocenters. The highest BCUT2D eigenvalue weighted by molar-refractivity contribution is 7.92. The summed E-state index contributed by atoms with van der Waals surface area (Å²) in [5, 5.41) is 3.46. The fraction of sp³-hybridized carbons (Fsp3) is 0. The van der Waals surface area contributed by atoms with Crippen molar-refractivity contribution in [2.24, 2.45) is 5.84 Å². The number of nitrogen functional groups attached to an aromatic ring is 1. The highest BCUT2D eigenvalue weighted by atomic mass is 32.2. The minimum Gasteiger partial charge on any atom is -0.306 e. The van der Waals surface area contributed by atoms with E-state index in [1.165, 1.54) is 15.7 Å². The van der Waals surface area contributed by atoms with Crippen LogP contribution in [0.25, 0.3) is 5.65 Å². The van der Waals surface area contributed by atoms with Gasteiger partial charge in [0.1, 0.15) is 5.65 Å². The summed E-state index contributed by atoms with van der Waals surface area (Å²) in [7, 11) is -3.79. The van der Waals surface area contributed by atoms with Gasteiger partial charge >= 0.3 is 0 Å². The number of nitrogens with one attached hydrogen (secondary N) is 2. The van der Waals surface area contributed by atoms with Crippen LogP contribution in [-0.2, 0) is 10.0 Å². The second-order valence-electron chi connectivity index (χ2n) is 3.96. The molecule has 0 saturated carbocycles. The van der Waals surface area contributed by atoms with Crippen LogP contribution < -0.4 is 16.0 Å². The van der Waals surface area contributed by atoms with E-state index in [9.17, 15) is 8.42 Å². The van der Waals surface area contributed by atoms with Gasteiger partial charge in [0, 0.05) is 11.6 Å². The lowest BCUT2D eigenvalue weighted by atomic mass is 10.5. The van der Waals surface area contributed by atoms with Gasteiger partial charge in [-0.05, 0) is 23.6 Å². The Balaban J connectivity index is 2.17. The smallest absolute Gasteiger partial charge is 0.281 e. The van der Waals surface area contributed by atoms with Crippen molar-refractivity contribution in [1.29, 1.82) is 0 Å². The summed E-state index contributed by atoms with van der Waals surface area (Å²) in [5.41, 5.74) is 3.32.